The highest BCUT2D eigenvalue weighted by Gasteiger charge is 2.17. The standard InChI is InChI=1S/C14H11F2NO2/c1-19-13-7-11(15)10(6-12(13)16)14(18)8-2-4-9(17)5-3-8/h2-7H,17H2,1H3. The highest BCUT2D eigenvalue weighted by atomic mass is 19.1. The van der Waals surface area contributed by atoms with Gasteiger partial charge in [0.15, 0.2) is 17.3 Å². The Kier molecular flexibility index (Phi) is 3.46. The van der Waals surface area contributed by atoms with E-state index in [1.54, 1.807) is 0 Å². The summed E-state index contributed by atoms with van der Waals surface area (Å²) in [6.45, 7) is 0. The first kappa shape index (κ1) is 13.0. The Balaban J connectivity index is 2.44. The maximum absolute atomic E-state index is 13.7. The van der Waals surface area contributed by atoms with Crippen molar-refractivity contribution in [3.63, 3.8) is 0 Å². The van der Waals surface area contributed by atoms with Crippen LogP contribution in [0.1, 0.15) is 15.9 Å². The number of anilines is 1. The number of carbonyl (C=O) groups is 1. The first-order valence-corrected chi connectivity index (χ1v) is 5.46. The molecule has 3 nitrogen and oxygen atoms in total. The molecule has 0 saturated heterocycles. The zero-order valence-corrected chi connectivity index (χ0v) is 10.1. The van der Waals surface area contributed by atoms with E-state index in [1.807, 2.05) is 0 Å². The molecule has 0 radical (unpaired) electrons. The van der Waals surface area contributed by atoms with Crippen LogP contribution in [0, 0.1) is 11.6 Å². The van der Waals surface area contributed by atoms with Gasteiger partial charge < -0.3 is 10.5 Å². The molecule has 0 fully saturated rings. The molecular formula is C14H11F2NO2. The molecule has 19 heavy (non-hydrogen) atoms. The summed E-state index contributed by atoms with van der Waals surface area (Å²) in [6, 6.07) is 7.63. The Morgan fingerprint density at radius 3 is 2.32 bits per heavy atom. The fourth-order valence-corrected chi connectivity index (χ4v) is 1.65. The minimum absolute atomic E-state index is 0.234. The van der Waals surface area contributed by atoms with Gasteiger partial charge in [-0.1, -0.05) is 0 Å². The first-order valence-electron chi connectivity index (χ1n) is 5.46. The van der Waals surface area contributed by atoms with E-state index < -0.39 is 17.4 Å². The molecule has 2 rings (SSSR count). The molecule has 0 saturated carbocycles. The van der Waals surface area contributed by atoms with Crippen molar-refractivity contribution in [1.29, 1.82) is 0 Å². The minimum Gasteiger partial charge on any atom is -0.494 e. The first-order chi connectivity index (χ1) is 9.02. The SMILES string of the molecule is COc1cc(F)c(C(=O)c2ccc(N)cc2)cc1F. The summed E-state index contributed by atoms with van der Waals surface area (Å²) in [7, 11) is 1.22. The maximum atomic E-state index is 13.7. The highest BCUT2D eigenvalue weighted by Crippen LogP contribution is 2.23. The smallest absolute Gasteiger partial charge is 0.196 e. The number of carbonyl (C=O) groups excluding carboxylic acids is 1. The molecule has 0 bridgehead atoms. The minimum atomic E-state index is -0.833. The number of ketones is 1. The van der Waals surface area contributed by atoms with E-state index in [4.69, 9.17) is 5.73 Å². The summed E-state index contributed by atoms with van der Waals surface area (Å²) < 4.78 is 31.9. The largest absolute Gasteiger partial charge is 0.494 e. The molecular weight excluding hydrogens is 252 g/mol. The van der Waals surface area contributed by atoms with Crippen LogP contribution in [0.15, 0.2) is 36.4 Å². The molecule has 0 aliphatic rings. The molecule has 0 atom stereocenters. The zero-order valence-electron chi connectivity index (χ0n) is 10.1. The van der Waals surface area contributed by atoms with Crippen LogP contribution in [0.2, 0.25) is 0 Å². The van der Waals surface area contributed by atoms with E-state index in [0.717, 1.165) is 12.1 Å². The number of ether oxygens (including phenoxy) is 1. The Labute approximate surface area is 108 Å². The van der Waals surface area contributed by atoms with Gasteiger partial charge in [-0.2, -0.15) is 0 Å². The summed E-state index contributed by atoms with van der Waals surface area (Å²) >= 11 is 0. The second kappa shape index (κ2) is 5.06. The molecule has 0 aromatic heterocycles. The van der Waals surface area contributed by atoms with Gasteiger partial charge >= 0.3 is 0 Å². The average Bonchev–Trinajstić information content (AvgIpc) is 2.41. The lowest BCUT2D eigenvalue weighted by Gasteiger charge is -2.07. The topological polar surface area (TPSA) is 52.3 Å². The predicted octanol–water partition coefficient (Wildman–Crippen LogP) is 2.79. The van der Waals surface area contributed by atoms with Crippen molar-refractivity contribution in [3.05, 3.63) is 59.2 Å². The molecule has 0 heterocycles. The van der Waals surface area contributed by atoms with E-state index in [0.29, 0.717) is 5.69 Å². The molecule has 5 heteroatoms. The second-order valence-corrected chi connectivity index (χ2v) is 3.92. The molecule has 2 aromatic rings. The third-order valence-corrected chi connectivity index (χ3v) is 2.66. The van der Waals surface area contributed by atoms with Crippen LogP contribution in [0.4, 0.5) is 14.5 Å². The van der Waals surface area contributed by atoms with E-state index >= 15 is 0 Å². The monoisotopic (exact) mass is 263 g/mol. The molecule has 0 aliphatic carbocycles. The van der Waals surface area contributed by atoms with E-state index in [9.17, 15) is 13.6 Å². The van der Waals surface area contributed by atoms with Gasteiger partial charge in [-0.15, -0.1) is 0 Å². The molecule has 0 unspecified atom stereocenters. The van der Waals surface area contributed by atoms with Crippen molar-refractivity contribution in [2.24, 2.45) is 0 Å². The molecule has 0 aliphatic heterocycles. The van der Waals surface area contributed by atoms with E-state index in [-0.39, 0.29) is 16.9 Å². The Bertz CT molecular complexity index is 624. The number of rotatable bonds is 3. The summed E-state index contributed by atoms with van der Waals surface area (Å²) in [4.78, 5) is 12.0. The third-order valence-electron chi connectivity index (χ3n) is 2.66. The van der Waals surface area contributed by atoms with Crippen LogP contribution in [0.5, 0.6) is 5.75 Å². The Hall–Kier alpha value is -2.43. The van der Waals surface area contributed by atoms with E-state index in [2.05, 4.69) is 4.74 Å². The number of methoxy groups -OCH3 is 1. The number of benzene rings is 2. The Morgan fingerprint density at radius 1 is 1.11 bits per heavy atom. The van der Waals surface area contributed by atoms with Crippen LogP contribution in [-0.4, -0.2) is 12.9 Å². The van der Waals surface area contributed by atoms with Gasteiger partial charge in [-0.05, 0) is 30.3 Å². The third kappa shape index (κ3) is 2.54. The summed E-state index contributed by atoms with van der Waals surface area (Å²) in [5.41, 5.74) is 5.87. The van der Waals surface area contributed by atoms with Gasteiger partial charge in [0.25, 0.3) is 0 Å². The quantitative estimate of drug-likeness (QED) is 0.684. The average molecular weight is 263 g/mol. The lowest BCUT2D eigenvalue weighted by molar-refractivity contribution is 0.103. The zero-order chi connectivity index (χ0) is 14.0. The van der Waals surface area contributed by atoms with Crippen molar-refractivity contribution >= 4 is 11.5 Å². The van der Waals surface area contributed by atoms with Crippen molar-refractivity contribution in [2.45, 2.75) is 0 Å². The highest BCUT2D eigenvalue weighted by molar-refractivity contribution is 6.09. The number of nitrogen functional groups attached to an aromatic ring is 1. The van der Waals surface area contributed by atoms with Crippen LogP contribution >= 0.6 is 0 Å². The fourth-order valence-electron chi connectivity index (χ4n) is 1.65. The van der Waals surface area contributed by atoms with Crippen LogP contribution in [0.25, 0.3) is 0 Å². The lowest BCUT2D eigenvalue weighted by Crippen LogP contribution is -2.06. The van der Waals surface area contributed by atoms with Crippen LogP contribution in [-0.2, 0) is 0 Å². The van der Waals surface area contributed by atoms with E-state index in [1.165, 1.54) is 31.4 Å². The van der Waals surface area contributed by atoms with Crippen LogP contribution in [0.3, 0.4) is 0 Å². The van der Waals surface area contributed by atoms with Gasteiger partial charge in [0.2, 0.25) is 0 Å². The van der Waals surface area contributed by atoms with Crippen molar-refractivity contribution in [3.8, 4) is 5.75 Å². The predicted molar refractivity (Wildman–Crippen MR) is 67.2 cm³/mol. The lowest BCUT2D eigenvalue weighted by atomic mass is 10.0. The summed E-state index contributed by atoms with van der Waals surface area (Å²) in [5, 5.41) is 0. The number of hydrogen-bond acceptors (Lipinski definition) is 3. The Morgan fingerprint density at radius 2 is 1.74 bits per heavy atom. The van der Waals surface area contributed by atoms with Crippen molar-refractivity contribution < 1.29 is 18.3 Å². The van der Waals surface area contributed by atoms with Gasteiger partial charge in [0, 0.05) is 17.3 Å². The maximum Gasteiger partial charge on any atom is 0.196 e. The summed E-state index contributed by atoms with van der Waals surface area (Å²) in [6.07, 6.45) is 0. The molecule has 0 amide bonds. The number of hydrogen-bond donors (Lipinski definition) is 1. The molecule has 0 spiro atoms. The van der Waals surface area contributed by atoms with Crippen molar-refractivity contribution in [2.75, 3.05) is 12.8 Å². The van der Waals surface area contributed by atoms with Crippen molar-refractivity contribution in [1.82, 2.24) is 0 Å². The van der Waals surface area contributed by atoms with Gasteiger partial charge in [0.05, 0.1) is 12.7 Å². The molecule has 2 N–H and O–H groups in total. The normalized spacial score (nSPS) is 10.3. The number of nitrogens with two attached hydrogens (primary N) is 1. The summed E-state index contributed by atoms with van der Waals surface area (Å²) in [5.74, 6) is -2.48. The van der Waals surface area contributed by atoms with Crippen LogP contribution < -0.4 is 10.5 Å². The van der Waals surface area contributed by atoms with Gasteiger partial charge in [-0.25, -0.2) is 8.78 Å². The molecule has 2 aromatic carbocycles. The second-order valence-electron chi connectivity index (χ2n) is 3.92. The molecule has 98 valence electrons. The number of halogens is 2. The van der Waals surface area contributed by atoms with Gasteiger partial charge in [-0.3, -0.25) is 4.79 Å². The van der Waals surface area contributed by atoms with Gasteiger partial charge in [0.1, 0.15) is 5.82 Å². The fraction of sp³-hybridized carbons (Fsp3) is 0.0714.